The quantitative estimate of drug-likeness (QED) is 0.131. The number of halogens is 1. The zero-order chi connectivity index (χ0) is 33.1. The molecule has 6 nitrogen and oxygen atoms in total. The van der Waals surface area contributed by atoms with Gasteiger partial charge < -0.3 is 9.69 Å². The van der Waals surface area contributed by atoms with E-state index in [1.165, 1.54) is 16.7 Å². The van der Waals surface area contributed by atoms with Gasteiger partial charge in [-0.3, -0.25) is 9.55 Å². The van der Waals surface area contributed by atoms with Gasteiger partial charge in [-0.05, 0) is 84.6 Å². The Morgan fingerprint density at radius 2 is 1.65 bits per heavy atom. The molecule has 0 unspecified atom stereocenters. The van der Waals surface area contributed by atoms with Crippen molar-refractivity contribution in [2.24, 2.45) is 4.99 Å². The van der Waals surface area contributed by atoms with Crippen molar-refractivity contribution in [3.05, 3.63) is 105 Å². The van der Waals surface area contributed by atoms with Crippen LogP contribution in [0, 0.1) is 0 Å². The number of carbonyl (C=O) groups excluding carboxylic acids is 1. The summed E-state index contributed by atoms with van der Waals surface area (Å²) in [6.45, 7) is 9.32. The Bertz CT molecular complexity index is 1760. The van der Waals surface area contributed by atoms with Crippen molar-refractivity contribution in [2.75, 3.05) is 17.2 Å². The fourth-order valence-electron chi connectivity index (χ4n) is 7.10. The van der Waals surface area contributed by atoms with E-state index in [1.807, 2.05) is 18.2 Å². The summed E-state index contributed by atoms with van der Waals surface area (Å²) in [4.78, 5) is 18.1. The van der Waals surface area contributed by atoms with E-state index in [-0.39, 0.29) is 16.6 Å². The molecule has 0 fully saturated rings. The normalized spacial score (nSPS) is 20.4. The Morgan fingerprint density at radius 1 is 0.935 bits per heavy atom. The van der Waals surface area contributed by atoms with Crippen molar-refractivity contribution in [1.29, 1.82) is 0 Å². The van der Waals surface area contributed by atoms with Gasteiger partial charge in [0.25, 0.3) is 10.1 Å². The summed E-state index contributed by atoms with van der Waals surface area (Å²) in [6.07, 6.45) is 13.8. The number of hydrogen-bond donors (Lipinski definition) is 1. The molecule has 0 spiro atoms. The van der Waals surface area contributed by atoms with Crippen LogP contribution in [-0.2, 0) is 25.7 Å². The summed E-state index contributed by atoms with van der Waals surface area (Å²) in [7, 11) is -4.04. The standard InChI is InChI=1S/C38H45ClN2O4S/c1-37(2)31-16-9-11-18-33(31)41(23-13-25-46(43,44)45)34(37)22-21-27-19-20-28(35(27)39)26-29(14-7-5-6-12-24-42)36-38(3,4)30-15-8-10-17-32(30)40-36/h8-11,15-18,21-22,24,26H,5-7,12-14,19-20,23,25H2,1-4H3,(H,43,44,45)/b27-21+,29-26+,34-22+. The Labute approximate surface area is 279 Å². The first-order valence-electron chi connectivity index (χ1n) is 16.3. The van der Waals surface area contributed by atoms with E-state index >= 15 is 0 Å². The van der Waals surface area contributed by atoms with Crippen LogP contribution in [0.1, 0.15) is 90.2 Å². The van der Waals surface area contributed by atoms with E-state index < -0.39 is 10.1 Å². The number of unbranched alkanes of at least 4 members (excludes halogenated alkanes) is 3. The first-order chi connectivity index (χ1) is 21.8. The molecule has 3 aliphatic rings. The van der Waals surface area contributed by atoms with Gasteiger partial charge >= 0.3 is 0 Å². The minimum atomic E-state index is -4.04. The zero-order valence-electron chi connectivity index (χ0n) is 27.4. The van der Waals surface area contributed by atoms with Crippen LogP contribution in [0.3, 0.4) is 0 Å². The van der Waals surface area contributed by atoms with E-state index in [9.17, 15) is 17.8 Å². The Kier molecular flexibility index (Phi) is 10.3. The Morgan fingerprint density at radius 3 is 2.37 bits per heavy atom. The smallest absolute Gasteiger partial charge is 0.264 e. The highest BCUT2D eigenvalue weighted by atomic mass is 35.5. The number of hydrogen-bond acceptors (Lipinski definition) is 5. The van der Waals surface area contributed by atoms with Crippen LogP contribution in [0.15, 0.2) is 99.2 Å². The zero-order valence-corrected chi connectivity index (χ0v) is 28.9. The summed E-state index contributed by atoms with van der Waals surface area (Å²) in [5.41, 5.74) is 9.54. The molecule has 2 aromatic rings. The first kappa shape index (κ1) is 34.1. The van der Waals surface area contributed by atoms with E-state index in [0.717, 1.165) is 83.8 Å². The molecule has 2 aliphatic heterocycles. The number of aldehydes is 1. The molecular formula is C38H45ClN2O4S. The second kappa shape index (κ2) is 13.8. The highest BCUT2D eigenvalue weighted by Gasteiger charge is 2.40. The van der Waals surface area contributed by atoms with Crippen molar-refractivity contribution in [3.8, 4) is 0 Å². The average molecular weight is 661 g/mol. The van der Waals surface area contributed by atoms with Gasteiger partial charge in [0.05, 0.1) is 17.2 Å². The topological polar surface area (TPSA) is 87.0 Å². The lowest BCUT2D eigenvalue weighted by atomic mass is 9.77. The molecule has 0 saturated heterocycles. The Balaban J connectivity index is 1.46. The van der Waals surface area contributed by atoms with Crippen molar-refractivity contribution in [2.45, 2.75) is 89.9 Å². The van der Waals surface area contributed by atoms with Crippen LogP contribution < -0.4 is 4.90 Å². The van der Waals surface area contributed by atoms with Crippen LogP contribution in [0.25, 0.3) is 0 Å². The van der Waals surface area contributed by atoms with Crippen molar-refractivity contribution in [3.63, 3.8) is 0 Å². The van der Waals surface area contributed by atoms with Crippen LogP contribution in [0.4, 0.5) is 11.4 Å². The number of para-hydroxylation sites is 2. The third-order valence-corrected chi connectivity index (χ3v) is 10.9. The SMILES string of the molecule is CC1(C)C(/C(=C/C2=C(Cl)C(=C/C=C3/N(CCCS(=O)(=O)O)c4ccccc4C3(C)C)/CC2)CCCCCC=O)=Nc2ccccc21. The molecule has 0 saturated carbocycles. The third-order valence-electron chi connectivity index (χ3n) is 9.58. The monoisotopic (exact) mass is 660 g/mol. The molecule has 0 radical (unpaired) electrons. The maximum Gasteiger partial charge on any atom is 0.264 e. The van der Waals surface area contributed by atoms with Gasteiger partial charge in [-0.2, -0.15) is 8.42 Å². The summed E-state index contributed by atoms with van der Waals surface area (Å²) in [6, 6.07) is 16.6. The highest BCUT2D eigenvalue weighted by molar-refractivity contribution is 7.85. The van der Waals surface area contributed by atoms with E-state index in [1.54, 1.807) is 0 Å². The molecule has 244 valence electrons. The third kappa shape index (κ3) is 7.17. The maximum atomic E-state index is 11.4. The first-order valence-corrected chi connectivity index (χ1v) is 18.3. The van der Waals surface area contributed by atoms with Gasteiger partial charge in [0.15, 0.2) is 0 Å². The van der Waals surface area contributed by atoms with Crippen LogP contribution in [0.5, 0.6) is 0 Å². The fraction of sp³-hybridized carbons (Fsp3) is 0.421. The maximum absolute atomic E-state index is 11.4. The molecule has 0 bridgehead atoms. The van der Waals surface area contributed by atoms with Gasteiger partial charge in [0, 0.05) is 40.2 Å². The molecular weight excluding hydrogens is 616 g/mol. The molecule has 5 rings (SSSR count). The number of nitrogens with zero attached hydrogens (tertiary/aromatic N) is 2. The minimum Gasteiger partial charge on any atom is -0.344 e. The second-order valence-corrected chi connectivity index (χ2v) is 15.5. The molecule has 1 N–H and O–H groups in total. The lowest BCUT2D eigenvalue weighted by Crippen LogP contribution is -2.28. The molecule has 0 amide bonds. The Hall–Kier alpha value is -3.26. The largest absolute Gasteiger partial charge is 0.344 e. The molecule has 2 aromatic carbocycles. The predicted molar refractivity (Wildman–Crippen MR) is 190 cm³/mol. The number of rotatable bonds is 13. The number of allylic oxidation sites excluding steroid dienone is 8. The summed E-state index contributed by atoms with van der Waals surface area (Å²) in [5, 5.41) is 0.774. The molecule has 0 atom stereocenters. The van der Waals surface area contributed by atoms with E-state index in [0.29, 0.717) is 19.4 Å². The number of anilines is 1. The van der Waals surface area contributed by atoms with Crippen LogP contribution in [0.2, 0.25) is 0 Å². The molecule has 1 aliphatic carbocycles. The lowest BCUT2D eigenvalue weighted by Gasteiger charge is -2.27. The number of benzene rings is 2. The minimum absolute atomic E-state index is 0.220. The van der Waals surface area contributed by atoms with Crippen LogP contribution >= 0.6 is 11.6 Å². The van der Waals surface area contributed by atoms with Gasteiger partial charge in [0.1, 0.15) is 6.29 Å². The fourth-order valence-corrected chi connectivity index (χ4v) is 7.90. The van der Waals surface area contributed by atoms with E-state index in [2.05, 4.69) is 81.2 Å². The summed E-state index contributed by atoms with van der Waals surface area (Å²) >= 11 is 7.12. The second-order valence-electron chi connectivity index (χ2n) is 13.6. The van der Waals surface area contributed by atoms with Gasteiger partial charge in [-0.1, -0.05) is 94.3 Å². The highest BCUT2D eigenvalue weighted by Crippen LogP contribution is 2.48. The molecule has 2 heterocycles. The summed E-state index contributed by atoms with van der Waals surface area (Å²) in [5.74, 6) is -0.280. The van der Waals surface area contributed by atoms with E-state index in [4.69, 9.17) is 16.6 Å². The lowest BCUT2D eigenvalue weighted by molar-refractivity contribution is -0.107. The van der Waals surface area contributed by atoms with Crippen molar-refractivity contribution >= 4 is 45.1 Å². The average Bonchev–Trinajstić information content (AvgIpc) is 3.57. The van der Waals surface area contributed by atoms with Gasteiger partial charge in [0.2, 0.25) is 0 Å². The summed E-state index contributed by atoms with van der Waals surface area (Å²) < 4.78 is 32.2. The number of aliphatic imine (C=N–C) groups is 1. The predicted octanol–water partition coefficient (Wildman–Crippen LogP) is 9.30. The van der Waals surface area contributed by atoms with Crippen LogP contribution in [-0.4, -0.2) is 37.3 Å². The number of carbonyl (C=O) groups is 1. The number of fused-ring (bicyclic) bond motifs is 2. The van der Waals surface area contributed by atoms with Gasteiger partial charge in [-0.15, -0.1) is 0 Å². The van der Waals surface area contributed by atoms with Gasteiger partial charge in [-0.25, -0.2) is 0 Å². The van der Waals surface area contributed by atoms with Crippen molar-refractivity contribution < 1.29 is 17.8 Å². The molecule has 8 heteroatoms. The molecule has 0 aromatic heterocycles. The molecule has 46 heavy (non-hydrogen) atoms. The van der Waals surface area contributed by atoms with Crippen molar-refractivity contribution in [1.82, 2.24) is 0 Å².